The van der Waals surface area contributed by atoms with Gasteiger partial charge in [0, 0.05) is 11.4 Å². The molecule has 2 aromatic rings. The van der Waals surface area contributed by atoms with Crippen molar-refractivity contribution in [1.29, 1.82) is 10.5 Å². The number of benzene rings is 2. The summed E-state index contributed by atoms with van der Waals surface area (Å²) in [6, 6.07) is 13.8. The molecule has 0 aliphatic heterocycles. The highest BCUT2D eigenvalue weighted by atomic mass is 16.2. The van der Waals surface area contributed by atoms with E-state index in [0.717, 1.165) is 11.1 Å². The monoisotopic (exact) mass is 290 g/mol. The predicted octanol–water partition coefficient (Wildman–Crippen LogP) is 3.69. The van der Waals surface area contributed by atoms with Crippen LogP contribution in [0.15, 0.2) is 36.4 Å². The lowest BCUT2D eigenvalue weighted by molar-refractivity contribution is 0.262. The summed E-state index contributed by atoms with van der Waals surface area (Å²) in [5.74, 6) is 0. The Kier molecular flexibility index (Phi) is 4.41. The average Bonchev–Trinajstić information content (AvgIpc) is 2.51. The maximum absolute atomic E-state index is 12.1. The minimum atomic E-state index is -0.420. The van der Waals surface area contributed by atoms with Gasteiger partial charge in [0.2, 0.25) is 0 Å². The van der Waals surface area contributed by atoms with Gasteiger partial charge < -0.3 is 10.6 Å². The second kappa shape index (κ2) is 6.43. The highest BCUT2D eigenvalue weighted by Crippen LogP contribution is 2.19. The molecule has 5 nitrogen and oxygen atoms in total. The van der Waals surface area contributed by atoms with E-state index in [4.69, 9.17) is 10.5 Å². The lowest BCUT2D eigenvalue weighted by atomic mass is 10.1. The molecule has 0 radical (unpaired) electrons. The van der Waals surface area contributed by atoms with Gasteiger partial charge in [0.05, 0.1) is 23.3 Å². The molecule has 0 saturated heterocycles. The molecule has 22 heavy (non-hydrogen) atoms. The number of nitrogens with one attached hydrogen (secondary N) is 2. The topological polar surface area (TPSA) is 88.7 Å². The molecular weight excluding hydrogens is 276 g/mol. The predicted molar refractivity (Wildman–Crippen MR) is 84.4 cm³/mol. The first-order valence-electron chi connectivity index (χ1n) is 6.63. The van der Waals surface area contributed by atoms with Crippen LogP contribution >= 0.6 is 0 Å². The molecule has 5 heteroatoms. The first-order chi connectivity index (χ1) is 10.5. The van der Waals surface area contributed by atoms with E-state index in [1.807, 2.05) is 26.0 Å². The van der Waals surface area contributed by atoms with Gasteiger partial charge in [0.25, 0.3) is 0 Å². The summed E-state index contributed by atoms with van der Waals surface area (Å²) in [5.41, 5.74) is 3.82. The van der Waals surface area contributed by atoms with Gasteiger partial charge in [-0.3, -0.25) is 0 Å². The number of carbonyl (C=O) groups is 1. The van der Waals surface area contributed by atoms with Crippen molar-refractivity contribution in [1.82, 2.24) is 0 Å². The number of urea groups is 1. The number of hydrogen-bond donors (Lipinski definition) is 2. The quantitative estimate of drug-likeness (QED) is 0.884. The smallest absolute Gasteiger partial charge is 0.307 e. The summed E-state index contributed by atoms with van der Waals surface area (Å²) < 4.78 is 0. The second-order valence-electron chi connectivity index (χ2n) is 4.86. The summed E-state index contributed by atoms with van der Waals surface area (Å²) in [7, 11) is 0. The lowest BCUT2D eigenvalue weighted by Crippen LogP contribution is -2.20. The number of amides is 2. The molecule has 2 amide bonds. The van der Waals surface area contributed by atoms with Crippen LogP contribution in [0.2, 0.25) is 0 Å². The van der Waals surface area contributed by atoms with Crippen molar-refractivity contribution >= 4 is 17.4 Å². The number of hydrogen-bond acceptors (Lipinski definition) is 3. The van der Waals surface area contributed by atoms with Crippen LogP contribution in [0, 0.1) is 36.5 Å². The Morgan fingerprint density at radius 2 is 1.27 bits per heavy atom. The van der Waals surface area contributed by atoms with Crippen molar-refractivity contribution in [3.63, 3.8) is 0 Å². The number of carbonyl (C=O) groups excluding carboxylic acids is 1. The molecule has 2 rings (SSSR count). The molecule has 0 heterocycles. The maximum atomic E-state index is 12.1. The third-order valence-electron chi connectivity index (χ3n) is 3.23. The van der Waals surface area contributed by atoms with Crippen molar-refractivity contribution in [2.75, 3.05) is 10.6 Å². The Labute approximate surface area is 128 Å². The fraction of sp³-hybridized carbons (Fsp3) is 0.118. The minimum absolute atomic E-state index is 0.420. The molecule has 0 aliphatic carbocycles. The van der Waals surface area contributed by atoms with Gasteiger partial charge >= 0.3 is 6.03 Å². The van der Waals surface area contributed by atoms with Crippen molar-refractivity contribution in [2.24, 2.45) is 0 Å². The van der Waals surface area contributed by atoms with E-state index < -0.39 is 6.03 Å². The average molecular weight is 290 g/mol. The van der Waals surface area contributed by atoms with Crippen LogP contribution in [-0.4, -0.2) is 6.03 Å². The van der Waals surface area contributed by atoms with E-state index in [1.165, 1.54) is 0 Å². The molecule has 2 aromatic carbocycles. The molecule has 0 saturated carbocycles. The Hall–Kier alpha value is -3.31. The Balaban J connectivity index is 2.18. The number of nitriles is 2. The number of rotatable bonds is 2. The van der Waals surface area contributed by atoms with Crippen LogP contribution < -0.4 is 10.6 Å². The molecule has 0 unspecified atom stereocenters. The van der Waals surface area contributed by atoms with E-state index in [1.54, 1.807) is 36.4 Å². The maximum Gasteiger partial charge on any atom is 0.323 e. The zero-order chi connectivity index (χ0) is 16.1. The van der Waals surface area contributed by atoms with Crippen LogP contribution in [0.25, 0.3) is 0 Å². The summed E-state index contributed by atoms with van der Waals surface area (Å²) >= 11 is 0. The molecule has 108 valence electrons. The van der Waals surface area contributed by atoms with Crippen molar-refractivity contribution in [3.05, 3.63) is 58.7 Å². The first-order valence-corrected chi connectivity index (χ1v) is 6.63. The summed E-state index contributed by atoms with van der Waals surface area (Å²) in [6.07, 6.45) is 0. The highest BCUT2D eigenvalue weighted by molar-refractivity contribution is 6.00. The van der Waals surface area contributed by atoms with Crippen molar-refractivity contribution < 1.29 is 4.79 Å². The zero-order valence-electron chi connectivity index (χ0n) is 12.3. The molecule has 2 N–H and O–H groups in total. The third kappa shape index (κ3) is 3.41. The van der Waals surface area contributed by atoms with Crippen LogP contribution in [0.1, 0.15) is 22.3 Å². The number of anilines is 2. The van der Waals surface area contributed by atoms with Gasteiger partial charge in [0.15, 0.2) is 0 Å². The van der Waals surface area contributed by atoms with Crippen LogP contribution in [-0.2, 0) is 0 Å². The molecule has 0 aromatic heterocycles. The summed E-state index contributed by atoms with van der Waals surface area (Å²) in [4.78, 5) is 12.1. The van der Waals surface area contributed by atoms with E-state index >= 15 is 0 Å². The van der Waals surface area contributed by atoms with Gasteiger partial charge in [0.1, 0.15) is 0 Å². The van der Waals surface area contributed by atoms with E-state index in [9.17, 15) is 4.79 Å². The van der Waals surface area contributed by atoms with Crippen LogP contribution in [0.4, 0.5) is 16.2 Å². The second-order valence-corrected chi connectivity index (χ2v) is 4.86. The number of nitrogens with zero attached hydrogens (tertiary/aromatic N) is 2. The highest BCUT2D eigenvalue weighted by Gasteiger charge is 2.08. The normalized spacial score (nSPS) is 9.45. The molecule has 0 atom stereocenters. The zero-order valence-corrected chi connectivity index (χ0v) is 12.3. The molecular formula is C17H14N4O. The molecule has 0 fully saturated rings. The van der Waals surface area contributed by atoms with Crippen molar-refractivity contribution in [3.8, 4) is 12.1 Å². The SMILES string of the molecule is Cc1ccc(C#N)cc1NC(=O)Nc1cc(C#N)ccc1C. The molecule has 0 aliphatic rings. The Bertz CT molecular complexity index is 745. The minimum Gasteiger partial charge on any atom is -0.307 e. The Morgan fingerprint density at radius 1 is 0.864 bits per heavy atom. The molecule has 0 spiro atoms. The van der Waals surface area contributed by atoms with Gasteiger partial charge in [-0.15, -0.1) is 0 Å². The fourth-order valence-electron chi connectivity index (χ4n) is 1.93. The summed E-state index contributed by atoms with van der Waals surface area (Å²) in [6.45, 7) is 3.69. The van der Waals surface area contributed by atoms with Gasteiger partial charge in [-0.2, -0.15) is 10.5 Å². The van der Waals surface area contributed by atoms with Gasteiger partial charge in [-0.1, -0.05) is 12.1 Å². The van der Waals surface area contributed by atoms with Gasteiger partial charge in [-0.25, -0.2) is 4.79 Å². The fourth-order valence-corrected chi connectivity index (χ4v) is 1.93. The van der Waals surface area contributed by atoms with Crippen molar-refractivity contribution in [2.45, 2.75) is 13.8 Å². The first kappa shape index (κ1) is 15.1. The number of aryl methyl sites for hydroxylation is 2. The summed E-state index contributed by atoms with van der Waals surface area (Å²) in [5, 5.41) is 23.2. The van der Waals surface area contributed by atoms with Crippen LogP contribution in [0.5, 0.6) is 0 Å². The Morgan fingerprint density at radius 3 is 1.64 bits per heavy atom. The largest absolute Gasteiger partial charge is 0.323 e. The molecule has 0 bridgehead atoms. The van der Waals surface area contributed by atoms with E-state index in [0.29, 0.717) is 22.5 Å². The van der Waals surface area contributed by atoms with Crippen LogP contribution in [0.3, 0.4) is 0 Å². The van der Waals surface area contributed by atoms with E-state index in [2.05, 4.69) is 10.6 Å². The van der Waals surface area contributed by atoms with E-state index in [-0.39, 0.29) is 0 Å². The lowest BCUT2D eigenvalue weighted by Gasteiger charge is -2.12. The van der Waals surface area contributed by atoms with Gasteiger partial charge in [-0.05, 0) is 49.2 Å². The standard InChI is InChI=1S/C17H14N4O/c1-11-3-5-13(9-18)7-15(11)20-17(22)21-16-8-14(10-19)6-4-12(16)2/h3-8H,1-2H3,(H2,20,21,22). The third-order valence-corrected chi connectivity index (χ3v) is 3.23.